The maximum atomic E-state index is 12.8. The van der Waals surface area contributed by atoms with Gasteiger partial charge in [-0.2, -0.15) is 0 Å². The van der Waals surface area contributed by atoms with Gasteiger partial charge in [0.15, 0.2) is 6.10 Å². The highest BCUT2D eigenvalue weighted by molar-refractivity contribution is 5.70. The Morgan fingerprint density at radius 3 is 1.05 bits per heavy atom. The summed E-state index contributed by atoms with van der Waals surface area (Å²) >= 11 is 0. The summed E-state index contributed by atoms with van der Waals surface area (Å²) in [4.78, 5) is 25.5. The van der Waals surface area contributed by atoms with Crippen LogP contribution in [0.15, 0.2) is 109 Å². The Morgan fingerprint density at radius 1 is 0.344 bits per heavy atom. The van der Waals surface area contributed by atoms with Crippen LogP contribution in [0.3, 0.4) is 0 Å². The molecule has 0 aliphatic carbocycles. The second-order valence-corrected chi connectivity index (χ2v) is 17.0. The van der Waals surface area contributed by atoms with Gasteiger partial charge in [-0.25, -0.2) is 0 Å². The first-order chi connectivity index (χ1) is 31.6. The third kappa shape index (κ3) is 51.2. The van der Waals surface area contributed by atoms with Gasteiger partial charge in [-0.05, 0) is 116 Å². The summed E-state index contributed by atoms with van der Waals surface area (Å²) < 4.78 is 17.4. The highest BCUT2D eigenvalue weighted by Gasteiger charge is 2.17. The summed E-state index contributed by atoms with van der Waals surface area (Å²) in [6, 6.07) is 0. The number of esters is 2. The predicted molar refractivity (Wildman–Crippen MR) is 279 cm³/mol. The van der Waals surface area contributed by atoms with E-state index in [-0.39, 0.29) is 25.2 Å². The molecule has 0 aromatic rings. The first kappa shape index (κ1) is 60.6. The number of hydrogen-bond acceptors (Lipinski definition) is 5. The Morgan fingerprint density at radius 2 is 0.656 bits per heavy atom. The van der Waals surface area contributed by atoms with Crippen LogP contribution in [0.25, 0.3) is 0 Å². The largest absolute Gasteiger partial charge is 0.462 e. The maximum absolute atomic E-state index is 12.8. The molecule has 1 unspecified atom stereocenters. The fraction of sp³-hybridized carbons (Fsp3) is 0.661. The molecule has 0 aliphatic rings. The molecule has 0 rings (SSSR count). The topological polar surface area (TPSA) is 61.8 Å². The molecule has 0 aromatic carbocycles. The molecule has 0 amide bonds. The molecule has 364 valence electrons. The van der Waals surface area contributed by atoms with Crippen LogP contribution in [0.5, 0.6) is 0 Å². The number of carbonyl (C=O) groups excluding carboxylic acids is 2. The Labute approximate surface area is 395 Å². The van der Waals surface area contributed by atoms with Crippen LogP contribution in [0.2, 0.25) is 0 Å². The molecule has 0 saturated carbocycles. The van der Waals surface area contributed by atoms with Gasteiger partial charge in [0, 0.05) is 19.4 Å². The SMILES string of the molecule is CC/C=C\C/C=C\C/C=C\CCCCCCCCCC(=O)OCC(COCCCCCC/C=C\C/C=C\C/C=C\CC)OC(=O)CCCCCCCCC/C=C\C/C=C\C/C=C\CC. The van der Waals surface area contributed by atoms with Crippen molar-refractivity contribution in [3.8, 4) is 0 Å². The van der Waals surface area contributed by atoms with Gasteiger partial charge in [0.25, 0.3) is 0 Å². The van der Waals surface area contributed by atoms with Crippen LogP contribution in [0.1, 0.15) is 226 Å². The zero-order valence-corrected chi connectivity index (χ0v) is 41.8. The fourth-order valence-corrected chi connectivity index (χ4v) is 6.96. The van der Waals surface area contributed by atoms with E-state index in [0.717, 1.165) is 128 Å². The van der Waals surface area contributed by atoms with Gasteiger partial charge in [-0.3, -0.25) is 9.59 Å². The van der Waals surface area contributed by atoms with E-state index in [1.165, 1.54) is 64.2 Å². The average Bonchev–Trinajstić information content (AvgIpc) is 3.30. The highest BCUT2D eigenvalue weighted by atomic mass is 16.6. The summed E-state index contributed by atoms with van der Waals surface area (Å²) in [5, 5.41) is 0. The van der Waals surface area contributed by atoms with Crippen molar-refractivity contribution in [2.24, 2.45) is 0 Å². The van der Waals surface area contributed by atoms with Crippen LogP contribution in [-0.2, 0) is 23.8 Å². The summed E-state index contributed by atoms with van der Waals surface area (Å²) in [6.07, 6.45) is 73.8. The van der Waals surface area contributed by atoms with Crippen molar-refractivity contribution < 1.29 is 23.8 Å². The molecule has 0 bridgehead atoms. The van der Waals surface area contributed by atoms with Gasteiger partial charge >= 0.3 is 11.9 Å². The maximum Gasteiger partial charge on any atom is 0.306 e. The first-order valence-corrected chi connectivity index (χ1v) is 26.4. The zero-order valence-electron chi connectivity index (χ0n) is 41.8. The van der Waals surface area contributed by atoms with Gasteiger partial charge in [0.05, 0.1) is 6.61 Å². The molecule has 0 saturated heterocycles. The number of ether oxygens (including phenoxy) is 3. The van der Waals surface area contributed by atoms with Crippen molar-refractivity contribution in [3.05, 3.63) is 109 Å². The molecule has 5 heteroatoms. The van der Waals surface area contributed by atoms with E-state index in [4.69, 9.17) is 14.2 Å². The van der Waals surface area contributed by atoms with E-state index in [0.29, 0.717) is 19.4 Å². The van der Waals surface area contributed by atoms with Crippen LogP contribution < -0.4 is 0 Å². The lowest BCUT2D eigenvalue weighted by Crippen LogP contribution is -2.30. The van der Waals surface area contributed by atoms with Gasteiger partial charge in [-0.15, -0.1) is 0 Å². The van der Waals surface area contributed by atoms with Crippen molar-refractivity contribution in [3.63, 3.8) is 0 Å². The van der Waals surface area contributed by atoms with Crippen molar-refractivity contribution >= 4 is 11.9 Å². The Kier molecular flexibility index (Phi) is 51.0. The monoisotopic (exact) mass is 887 g/mol. The molecule has 1 atom stereocenters. The van der Waals surface area contributed by atoms with Crippen molar-refractivity contribution in [2.45, 2.75) is 232 Å². The zero-order chi connectivity index (χ0) is 46.3. The van der Waals surface area contributed by atoms with E-state index in [1.807, 2.05) is 0 Å². The van der Waals surface area contributed by atoms with Crippen molar-refractivity contribution in [1.82, 2.24) is 0 Å². The molecule has 0 fully saturated rings. The minimum Gasteiger partial charge on any atom is -0.462 e. The molecule has 0 heterocycles. The minimum atomic E-state index is -0.564. The van der Waals surface area contributed by atoms with Crippen LogP contribution in [0, 0.1) is 0 Å². The van der Waals surface area contributed by atoms with Crippen LogP contribution in [-0.4, -0.2) is 37.9 Å². The Bertz CT molecular complexity index is 1280. The molecule has 0 N–H and O–H groups in total. The molecule has 0 aliphatic heterocycles. The number of allylic oxidation sites excluding steroid dienone is 18. The molecule has 0 radical (unpaired) electrons. The Hall–Kier alpha value is -3.44. The third-order valence-corrected chi connectivity index (χ3v) is 10.8. The second-order valence-electron chi connectivity index (χ2n) is 17.0. The molecule has 5 nitrogen and oxygen atoms in total. The van der Waals surface area contributed by atoms with Gasteiger partial charge < -0.3 is 14.2 Å². The van der Waals surface area contributed by atoms with Gasteiger partial charge in [0.1, 0.15) is 6.61 Å². The lowest BCUT2D eigenvalue weighted by molar-refractivity contribution is -0.163. The van der Waals surface area contributed by atoms with Crippen molar-refractivity contribution in [2.75, 3.05) is 19.8 Å². The fourth-order valence-electron chi connectivity index (χ4n) is 6.96. The molecule has 64 heavy (non-hydrogen) atoms. The predicted octanol–water partition coefficient (Wildman–Crippen LogP) is 18.0. The quantitative estimate of drug-likeness (QED) is 0.0346. The van der Waals surface area contributed by atoms with Crippen LogP contribution >= 0.6 is 0 Å². The summed E-state index contributed by atoms with van der Waals surface area (Å²) in [7, 11) is 0. The second kappa shape index (κ2) is 53.9. The molecule has 0 spiro atoms. The number of rotatable bonds is 47. The Balaban J connectivity index is 4.35. The molecular formula is C59H98O5. The van der Waals surface area contributed by atoms with E-state index in [1.54, 1.807) is 0 Å². The number of hydrogen-bond donors (Lipinski definition) is 0. The lowest BCUT2D eigenvalue weighted by atomic mass is 10.1. The van der Waals surface area contributed by atoms with E-state index >= 15 is 0 Å². The minimum absolute atomic E-state index is 0.0606. The third-order valence-electron chi connectivity index (χ3n) is 10.8. The summed E-state index contributed by atoms with van der Waals surface area (Å²) in [5.74, 6) is -0.437. The molecular weight excluding hydrogens is 789 g/mol. The van der Waals surface area contributed by atoms with E-state index < -0.39 is 6.10 Å². The van der Waals surface area contributed by atoms with Gasteiger partial charge in [-0.1, -0.05) is 207 Å². The standard InChI is InChI=1S/C59H98O5/c1-4-7-10-13-16-19-22-25-28-30-32-34-37-40-43-46-49-52-58(60)63-56-57(55-62-54-51-48-45-42-39-36-27-24-21-18-15-12-9-6-3)64-59(61)53-50-47-44-41-38-35-33-31-29-26-23-20-17-14-11-8-5-2/h7-12,16-21,25-29,36,57H,4-6,13-15,22-24,30-35,37-56H2,1-3H3/b10-7-,11-8-,12-9-,19-16-,20-17-,21-18-,28-25-,29-26-,36-27-. The van der Waals surface area contributed by atoms with Crippen molar-refractivity contribution in [1.29, 1.82) is 0 Å². The first-order valence-electron chi connectivity index (χ1n) is 26.4. The average molecular weight is 887 g/mol. The van der Waals surface area contributed by atoms with Gasteiger partial charge in [0.2, 0.25) is 0 Å². The smallest absolute Gasteiger partial charge is 0.306 e. The highest BCUT2D eigenvalue weighted by Crippen LogP contribution is 2.14. The summed E-state index contributed by atoms with van der Waals surface area (Å²) in [5.41, 5.74) is 0. The molecule has 0 aromatic heterocycles. The van der Waals surface area contributed by atoms with Crippen LogP contribution in [0.4, 0.5) is 0 Å². The van der Waals surface area contributed by atoms with E-state index in [2.05, 4.69) is 130 Å². The normalized spacial score (nSPS) is 13.1. The van der Waals surface area contributed by atoms with E-state index in [9.17, 15) is 9.59 Å². The summed E-state index contributed by atoms with van der Waals surface area (Å²) in [6.45, 7) is 7.42. The lowest BCUT2D eigenvalue weighted by Gasteiger charge is -2.18. The number of carbonyl (C=O) groups is 2. The number of unbranched alkanes of at least 4 members (excludes halogenated alkanes) is 18.